The molecule has 6 heteroatoms. The van der Waals surface area contributed by atoms with E-state index in [-0.39, 0.29) is 18.1 Å². The van der Waals surface area contributed by atoms with Gasteiger partial charge in [0, 0.05) is 28.1 Å². The Morgan fingerprint density at radius 3 is 2.68 bits per heavy atom. The van der Waals surface area contributed by atoms with Crippen LogP contribution in [0.3, 0.4) is 0 Å². The van der Waals surface area contributed by atoms with E-state index in [2.05, 4.69) is 32.4 Å². The van der Waals surface area contributed by atoms with Crippen molar-refractivity contribution in [2.75, 3.05) is 6.54 Å². The average molecular weight is 400 g/mol. The molecule has 0 radical (unpaired) electrons. The molecular weight excluding hydrogens is 382 g/mol. The van der Waals surface area contributed by atoms with E-state index in [1.165, 1.54) is 6.08 Å². The second-order valence-corrected chi connectivity index (χ2v) is 6.75. The SMILES string of the molecule is C=CCN1C(=O)NC(=Cc2cc(C)n(-c3cccc(Br)c3)c2C)C1=O. The number of nitrogens with one attached hydrogen (secondary N) is 1. The summed E-state index contributed by atoms with van der Waals surface area (Å²) in [5.74, 6) is -0.336. The summed E-state index contributed by atoms with van der Waals surface area (Å²) in [5.41, 5.74) is 4.24. The number of halogens is 1. The Morgan fingerprint density at radius 2 is 2.00 bits per heavy atom. The van der Waals surface area contributed by atoms with Gasteiger partial charge < -0.3 is 9.88 Å². The van der Waals surface area contributed by atoms with Crippen LogP contribution in [0.2, 0.25) is 0 Å². The highest BCUT2D eigenvalue weighted by Gasteiger charge is 2.32. The van der Waals surface area contributed by atoms with Crippen molar-refractivity contribution >= 4 is 33.9 Å². The molecule has 3 rings (SSSR count). The van der Waals surface area contributed by atoms with Crippen LogP contribution in [-0.4, -0.2) is 28.0 Å². The lowest BCUT2D eigenvalue weighted by molar-refractivity contribution is -0.122. The number of hydrogen-bond donors (Lipinski definition) is 1. The summed E-state index contributed by atoms with van der Waals surface area (Å²) in [6.07, 6.45) is 3.25. The number of hydrogen-bond acceptors (Lipinski definition) is 2. The van der Waals surface area contributed by atoms with Crippen molar-refractivity contribution in [3.05, 3.63) is 70.1 Å². The minimum Gasteiger partial charge on any atom is -0.318 e. The lowest BCUT2D eigenvalue weighted by Crippen LogP contribution is -2.30. The van der Waals surface area contributed by atoms with Crippen LogP contribution in [0.5, 0.6) is 0 Å². The van der Waals surface area contributed by atoms with E-state index in [9.17, 15) is 9.59 Å². The zero-order valence-corrected chi connectivity index (χ0v) is 15.6. The fraction of sp³-hybridized carbons (Fsp3) is 0.158. The number of nitrogens with zero attached hydrogens (tertiary/aromatic N) is 2. The third kappa shape index (κ3) is 3.17. The summed E-state index contributed by atoms with van der Waals surface area (Å²) in [7, 11) is 0. The molecule has 25 heavy (non-hydrogen) atoms. The average Bonchev–Trinajstić information content (AvgIpc) is 2.98. The van der Waals surface area contributed by atoms with Crippen molar-refractivity contribution in [2.24, 2.45) is 0 Å². The van der Waals surface area contributed by atoms with Crippen LogP contribution >= 0.6 is 15.9 Å². The van der Waals surface area contributed by atoms with Crippen molar-refractivity contribution in [1.82, 2.24) is 14.8 Å². The molecule has 1 aromatic heterocycles. The van der Waals surface area contributed by atoms with Gasteiger partial charge in [0.15, 0.2) is 0 Å². The monoisotopic (exact) mass is 399 g/mol. The smallest absolute Gasteiger partial charge is 0.318 e. The number of urea groups is 1. The number of imide groups is 1. The Bertz CT molecular complexity index is 911. The van der Waals surface area contributed by atoms with E-state index in [4.69, 9.17) is 0 Å². The molecule has 1 fully saturated rings. The molecule has 0 spiro atoms. The lowest BCUT2D eigenvalue weighted by Gasteiger charge is -2.10. The molecule has 0 atom stereocenters. The number of carbonyl (C=O) groups is 2. The number of amides is 3. The molecule has 1 aliphatic heterocycles. The minimum atomic E-state index is -0.419. The second kappa shape index (κ2) is 6.72. The third-order valence-electron chi connectivity index (χ3n) is 4.11. The van der Waals surface area contributed by atoms with Crippen LogP contribution in [0.4, 0.5) is 4.79 Å². The quantitative estimate of drug-likeness (QED) is 0.480. The maximum Gasteiger partial charge on any atom is 0.329 e. The highest BCUT2D eigenvalue weighted by atomic mass is 79.9. The normalized spacial score (nSPS) is 15.8. The molecule has 2 aromatic rings. The lowest BCUT2D eigenvalue weighted by atomic mass is 10.2. The van der Waals surface area contributed by atoms with Gasteiger partial charge in [-0.25, -0.2) is 4.79 Å². The Morgan fingerprint density at radius 1 is 1.24 bits per heavy atom. The molecule has 0 saturated carbocycles. The largest absolute Gasteiger partial charge is 0.329 e. The summed E-state index contributed by atoms with van der Waals surface area (Å²) in [5, 5.41) is 2.63. The van der Waals surface area contributed by atoms with Gasteiger partial charge in [-0.05, 0) is 49.8 Å². The first-order valence-electron chi connectivity index (χ1n) is 7.82. The first kappa shape index (κ1) is 17.2. The first-order chi connectivity index (χ1) is 11.9. The van der Waals surface area contributed by atoms with Gasteiger partial charge in [0.25, 0.3) is 5.91 Å². The molecule has 1 aromatic carbocycles. The van der Waals surface area contributed by atoms with E-state index in [1.807, 2.05) is 44.2 Å². The Hall–Kier alpha value is -2.60. The topological polar surface area (TPSA) is 54.3 Å². The van der Waals surface area contributed by atoms with Crippen LogP contribution in [0, 0.1) is 13.8 Å². The van der Waals surface area contributed by atoms with Gasteiger partial charge in [-0.15, -0.1) is 6.58 Å². The number of benzene rings is 1. The van der Waals surface area contributed by atoms with Gasteiger partial charge in [-0.1, -0.05) is 28.1 Å². The van der Waals surface area contributed by atoms with Gasteiger partial charge in [0.2, 0.25) is 0 Å². The summed E-state index contributed by atoms with van der Waals surface area (Å²) in [6.45, 7) is 7.76. The zero-order valence-electron chi connectivity index (χ0n) is 14.0. The van der Waals surface area contributed by atoms with Crippen molar-refractivity contribution in [3.63, 3.8) is 0 Å². The molecular formula is C19H18BrN3O2. The molecule has 3 amide bonds. The number of carbonyl (C=O) groups excluding carboxylic acids is 2. The van der Waals surface area contributed by atoms with E-state index in [0.717, 1.165) is 32.0 Å². The van der Waals surface area contributed by atoms with E-state index in [0.29, 0.717) is 0 Å². The summed E-state index contributed by atoms with van der Waals surface area (Å²) in [4.78, 5) is 25.4. The standard InChI is InChI=1S/C19H18BrN3O2/c1-4-8-22-18(24)17(21-19(22)25)10-14-9-12(2)23(13(14)3)16-7-5-6-15(20)11-16/h4-7,9-11H,1,8H2,2-3H3,(H,21,25). The Balaban J connectivity index is 2.00. The van der Waals surface area contributed by atoms with E-state index >= 15 is 0 Å². The van der Waals surface area contributed by atoms with Crippen molar-refractivity contribution in [3.8, 4) is 5.69 Å². The van der Waals surface area contributed by atoms with Crippen LogP contribution in [-0.2, 0) is 4.79 Å². The van der Waals surface area contributed by atoms with Crippen LogP contribution < -0.4 is 5.32 Å². The van der Waals surface area contributed by atoms with Crippen molar-refractivity contribution < 1.29 is 9.59 Å². The molecule has 5 nitrogen and oxygen atoms in total. The van der Waals surface area contributed by atoms with Gasteiger partial charge >= 0.3 is 6.03 Å². The molecule has 2 heterocycles. The maximum atomic E-state index is 12.3. The fourth-order valence-electron chi connectivity index (χ4n) is 2.97. The molecule has 1 N–H and O–H groups in total. The van der Waals surface area contributed by atoms with E-state index in [1.54, 1.807) is 6.08 Å². The van der Waals surface area contributed by atoms with Gasteiger partial charge in [0.05, 0.1) is 0 Å². The molecule has 0 bridgehead atoms. The molecule has 0 aliphatic carbocycles. The van der Waals surface area contributed by atoms with Gasteiger partial charge in [-0.2, -0.15) is 0 Å². The first-order valence-corrected chi connectivity index (χ1v) is 8.62. The second-order valence-electron chi connectivity index (χ2n) is 5.83. The summed E-state index contributed by atoms with van der Waals surface area (Å²) in [6, 6.07) is 9.59. The molecule has 1 saturated heterocycles. The molecule has 0 unspecified atom stereocenters. The predicted octanol–water partition coefficient (Wildman–Crippen LogP) is 3.94. The third-order valence-corrected chi connectivity index (χ3v) is 4.60. The van der Waals surface area contributed by atoms with Crippen molar-refractivity contribution in [2.45, 2.75) is 13.8 Å². The van der Waals surface area contributed by atoms with Crippen LogP contribution in [0.1, 0.15) is 17.0 Å². The molecule has 1 aliphatic rings. The maximum absolute atomic E-state index is 12.3. The van der Waals surface area contributed by atoms with E-state index < -0.39 is 6.03 Å². The van der Waals surface area contributed by atoms with Gasteiger partial charge in [0.1, 0.15) is 5.70 Å². The summed E-state index contributed by atoms with van der Waals surface area (Å²) < 4.78 is 3.11. The summed E-state index contributed by atoms with van der Waals surface area (Å²) >= 11 is 3.49. The highest BCUT2D eigenvalue weighted by Crippen LogP contribution is 2.25. The zero-order chi connectivity index (χ0) is 18.1. The minimum absolute atomic E-state index is 0.194. The Kier molecular flexibility index (Phi) is 4.63. The predicted molar refractivity (Wildman–Crippen MR) is 101 cm³/mol. The van der Waals surface area contributed by atoms with Gasteiger partial charge in [-0.3, -0.25) is 9.69 Å². The number of aromatic nitrogens is 1. The number of rotatable bonds is 4. The molecule has 128 valence electrons. The van der Waals surface area contributed by atoms with Crippen molar-refractivity contribution in [1.29, 1.82) is 0 Å². The van der Waals surface area contributed by atoms with Crippen LogP contribution in [0.15, 0.2) is 53.2 Å². The highest BCUT2D eigenvalue weighted by molar-refractivity contribution is 9.10. The number of aryl methyl sites for hydroxylation is 1. The fourth-order valence-corrected chi connectivity index (χ4v) is 3.36. The Labute approximate surface area is 154 Å². The van der Waals surface area contributed by atoms with Crippen LogP contribution in [0.25, 0.3) is 11.8 Å².